The lowest BCUT2D eigenvalue weighted by molar-refractivity contribution is -0.147. The molecule has 0 aromatic heterocycles. The molecule has 4 heteroatoms. The Bertz CT molecular complexity index is 192. The highest BCUT2D eigenvalue weighted by Crippen LogP contribution is 2.08. The average molecular weight is 201 g/mol. The largest absolute Gasteiger partial charge is 0.465 e. The Morgan fingerprint density at radius 2 is 2.14 bits per heavy atom. The zero-order valence-corrected chi connectivity index (χ0v) is 9.21. The zero-order chi connectivity index (χ0) is 11.0. The summed E-state index contributed by atoms with van der Waals surface area (Å²) in [5.74, 6) is -0.254. The van der Waals surface area contributed by atoms with Crippen molar-refractivity contribution in [2.24, 2.45) is 0 Å². The predicted octanol–water partition coefficient (Wildman–Crippen LogP) is 1.20. The third-order valence-corrected chi connectivity index (χ3v) is 1.80. The molecule has 1 saturated heterocycles. The molecule has 1 aliphatic heterocycles. The molecule has 0 radical (unpaired) electrons. The molecule has 14 heavy (non-hydrogen) atoms. The van der Waals surface area contributed by atoms with Gasteiger partial charge in [-0.2, -0.15) is 0 Å². The normalized spacial score (nSPS) is 14.8. The highest BCUT2D eigenvalue weighted by molar-refractivity contribution is 5.83. The third-order valence-electron chi connectivity index (χ3n) is 1.80. The molecule has 0 atom stereocenters. The number of hydrogen-bond donors (Lipinski definition) is 0. The first-order valence-electron chi connectivity index (χ1n) is 5.17. The molecule has 0 bridgehead atoms. The number of hydrogen-bond acceptors (Lipinski definition) is 3. The lowest BCUT2D eigenvalue weighted by Gasteiger charge is -2.13. The zero-order valence-electron chi connectivity index (χ0n) is 9.21. The molecule has 4 nitrogen and oxygen atoms in total. The molecule has 1 rings (SSSR count). The summed E-state index contributed by atoms with van der Waals surface area (Å²) in [6.45, 7) is 6.94. The Labute approximate surface area is 85.2 Å². The molecule has 0 aromatic carbocycles. The van der Waals surface area contributed by atoms with Crippen LogP contribution in [0.1, 0.15) is 33.6 Å². The molecule has 0 N–H and O–H groups in total. The van der Waals surface area contributed by atoms with Crippen LogP contribution < -0.4 is 0 Å². The summed E-state index contributed by atoms with van der Waals surface area (Å²) in [4.78, 5) is 23.5. The lowest BCUT2D eigenvalue weighted by Crippen LogP contribution is -2.31. The molecule has 1 fully saturated rings. The smallest absolute Gasteiger partial charge is 0.325 e. The van der Waals surface area contributed by atoms with Crippen LogP contribution in [0.15, 0.2) is 0 Å². The molecule has 82 valence electrons. The standard InChI is InChI=1S/C8H13NO3.C2H6/c1-2-12-8(11)6-9-5-3-4-7(9)10;1-2/h2-6H2,1H3;1-2H3. The van der Waals surface area contributed by atoms with Crippen molar-refractivity contribution in [2.75, 3.05) is 19.7 Å². The summed E-state index contributed by atoms with van der Waals surface area (Å²) in [6.07, 6.45) is 1.43. The predicted molar refractivity (Wildman–Crippen MR) is 53.8 cm³/mol. The van der Waals surface area contributed by atoms with Gasteiger partial charge in [-0.1, -0.05) is 13.8 Å². The van der Waals surface area contributed by atoms with Crippen LogP contribution >= 0.6 is 0 Å². The van der Waals surface area contributed by atoms with Gasteiger partial charge in [0.2, 0.25) is 5.91 Å². The monoisotopic (exact) mass is 201 g/mol. The topological polar surface area (TPSA) is 46.6 Å². The minimum Gasteiger partial charge on any atom is -0.465 e. The van der Waals surface area contributed by atoms with Gasteiger partial charge in [0, 0.05) is 13.0 Å². The number of esters is 1. The quantitative estimate of drug-likeness (QED) is 0.644. The van der Waals surface area contributed by atoms with E-state index in [0.717, 1.165) is 6.42 Å². The van der Waals surface area contributed by atoms with Gasteiger partial charge in [-0.25, -0.2) is 0 Å². The molecule has 0 aliphatic carbocycles. The van der Waals surface area contributed by atoms with E-state index < -0.39 is 0 Å². The van der Waals surface area contributed by atoms with Crippen molar-refractivity contribution in [1.29, 1.82) is 0 Å². The van der Waals surface area contributed by atoms with Crippen molar-refractivity contribution >= 4 is 11.9 Å². The Morgan fingerprint density at radius 3 is 2.57 bits per heavy atom. The van der Waals surface area contributed by atoms with Gasteiger partial charge in [0.1, 0.15) is 6.54 Å². The fourth-order valence-electron chi connectivity index (χ4n) is 1.23. The molecule has 0 saturated carbocycles. The van der Waals surface area contributed by atoms with Gasteiger partial charge >= 0.3 is 5.97 Å². The van der Waals surface area contributed by atoms with E-state index in [1.165, 1.54) is 4.90 Å². The summed E-state index contributed by atoms with van der Waals surface area (Å²) in [6, 6.07) is 0. The van der Waals surface area contributed by atoms with E-state index in [-0.39, 0.29) is 18.4 Å². The van der Waals surface area contributed by atoms with E-state index in [4.69, 9.17) is 4.74 Å². The van der Waals surface area contributed by atoms with Crippen molar-refractivity contribution in [1.82, 2.24) is 4.90 Å². The second-order valence-electron chi connectivity index (χ2n) is 2.72. The first kappa shape index (κ1) is 12.9. The van der Waals surface area contributed by atoms with Crippen molar-refractivity contribution in [3.8, 4) is 0 Å². The van der Waals surface area contributed by atoms with Crippen molar-refractivity contribution in [3.05, 3.63) is 0 Å². The second-order valence-corrected chi connectivity index (χ2v) is 2.72. The first-order chi connectivity index (χ1) is 6.74. The molecule has 1 heterocycles. The van der Waals surface area contributed by atoms with Gasteiger partial charge in [-0.15, -0.1) is 0 Å². The van der Waals surface area contributed by atoms with Crippen molar-refractivity contribution in [3.63, 3.8) is 0 Å². The van der Waals surface area contributed by atoms with Crippen molar-refractivity contribution in [2.45, 2.75) is 33.6 Å². The van der Waals surface area contributed by atoms with Crippen LogP contribution in [0.4, 0.5) is 0 Å². The number of ether oxygens (including phenoxy) is 1. The molecule has 1 amide bonds. The molecular weight excluding hydrogens is 182 g/mol. The van der Waals surface area contributed by atoms with Crippen molar-refractivity contribution < 1.29 is 14.3 Å². The SMILES string of the molecule is CC.CCOC(=O)CN1CCCC1=O. The highest BCUT2D eigenvalue weighted by atomic mass is 16.5. The van der Waals surface area contributed by atoms with Crippen LogP contribution in [0.3, 0.4) is 0 Å². The fraction of sp³-hybridized carbons (Fsp3) is 0.800. The minimum atomic E-state index is -0.312. The van der Waals surface area contributed by atoms with E-state index in [1.54, 1.807) is 6.92 Å². The Kier molecular flexibility index (Phi) is 6.80. The maximum absolute atomic E-state index is 11.0. The third kappa shape index (κ3) is 4.25. The number of amides is 1. The van der Waals surface area contributed by atoms with Crippen LogP contribution in [0.5, 0.6) is 0 Å². The van der Waals surface area contributed by atoms with E-state index in [9.17, 15) is 9.59 Å². The number of carbonyl (C=O) groups is 2. The van der Waals surface area contributed by atoms with E-state index in [0.29, 0.717) is 19.6 Å². The molecular formula is C10H19NO3. The van der Waals surface area contributed by atoms with Gasteiger partial charge < -0.3 is 9.64 Å². The number of nitrogens with zero attached hydrogens (tertiary/aromatic N) is 1. The Hall–Kier alpha value is -1.06. The summed E-state index contributed by atoms with van der Waals surface area (Å²) in [7, 11) is 0. The summed E-state index contributed by atoms with van der Waals surface area (Å²) >= 11 is 0. The second kappa shape index (κ2) is 7.35. The van der Waals surface area contributed by atoms with Crippen LogP contribution in [0.25, 0.3) is 0 Å². The van der Waals surface area contributed by atoms with Crippen LogP contribution in [-0.4, -0.2) is 36.5 Å². The van der Waals surface area contributed by atoms with Gasteiger partial charge in [-0.05, 0) is 13.3 Å². The van der Waals surface area contributed by atoms with E-state index >= 15 is 0 Å². The van der Waals surface area contributed by atoms with E-state index in [1.807, 2.05) is 13.8 Å². The molecule has 0 spiro atoms. The minimum absolute atomic E-state index is 0.0584. The first-order valence-corrected chi connectivity index (χ1v) is 5.17. The molecule has 0 unspecified atom stereocenters. The Balaban J connectivity index is 0.000000791. The maximum Gasteiger partial charge on any atom is 0.325 e. The number of likely N-dealkylation sites (tertiary alicyclic amines) is 1. The van der Waals surface area contributed by atoms with Gasteiger partial charge in [-0.3, -0.25) is 9.59 Å². The van der Waals surface area contributed by atoms with Crippen LogP contribution in [-0.2, 0) is 14.3 Å². The summed E-state index contributed by atoms with van der Waals surface area (Å²) < 4.78 is 4.72. The lowest BCUT2D eigenvalue weighted by atomic mass is 10.4. The fourth-order valence-corrected chi connectivity index (χ4v) is 1.23. The number of rotatable bonds is 3. The molecule has 0 aromatic rings. The van der Waals surface area contributed by atoms with Crippen LogP contribution in [0, 0.1) is 0 Å². The van der Waals surface area contributed by atoms with E-state index in [2.05, 4.69) is 0 Å². The maximum atomic E-state index is 11.0. The summed E-state index contributed by atoms with van der Waals surface area (Å²) in [5, 5.41) is 0. The Morgan fingerprint density at radius 1 is 1.50 bits per heavy atom. The van der Waals surface area contributed by atoms with Gasteiger partial charge in [0.05, 0.1) is 6.61 Å². The number of carbonyl (C=O) groups excluding carboxylic acids is 2. The summed E-state index contributed by atoms with van der Waals surface area (Å²) in [5.41, 5.74) is 0. The highest BCUT2D eigenvalue weighted by Gasteiger charge is 2.22. The molecule has 1 aliphatic rings. The van der Waals surface area contributed by atoms with Gasteiger partial charge in [0.25, 0.3) is 0 Å². The average Bonchev–Trinajstić information content (AvgIpc) is 2.56. The van der Waals surface area contributed by atoms with Gasteiger partial charge in [0.15, 0.2) is 0 Å². The van der Waals surface area contributed by atoms with Crippen LogP contribution in [0.2, 0.25) is 0 Å².